The number of alkyl halides is 2. The molecule has 2 saturated carbocycles. The summed E-state index contributed by atoms with van der Waals surface area (Å²) in [5.41, 5.74) is 0.303. The van der Waals surface area contributed by atoms with Crippen molar-refractivity contribution < 1.29 is 23.0 Å². The number of piperidine rings is 1. The molecule has 4 heterocycles. The first-order valence-corrected chi connectivity index (χ1v) is 17.6. The Labute approximate surface area is 287 Å². The highest BCUT2D eigenvalue weighted by atomic mass is 35.5. The number of likely N-dealkylation sites (tertiary alicyclic amines) is 1. The fraction of sp³-hybridized carbons (Fsp3) is 0.474. The minimum Gasteiger partial charge on any atom is -0.508 e. The molecule has 49 heavy (non-hydrogen) atoms. The lowest BCUT2D eigenvalue weighted by molar-refractivity contribution is 0.0252. The fourth-order valence-corrected chi connectivity index (χ4v) is 8.88. The number of halogens is 4. The first-order valence-electron chi connectivity index (χ1n) is 17.2. The van der Waals surface area contributed by atoms with Gasteiger partial charge in [0.2, 0.25) is 0 Å². The molecular weight excluding hydrogens is 651 g/mol. The van der Waals surface area contributed by atoms with Crippen molar-refractivity contribution in [3.8, 4) is 35.2 Å². The van der Waals surface area contributed by atoms with E-state index >= 15 is 4.39 Å². The van der Waals surface area contributed by atoms with Crippen LogP contribution in [-0.2, 0) is 0 Å². The van der Waals surface area contributed by atoms with Gasteiger partial charge in [-0.2, -0.15) is 9.97 Å². The Morgan fingerprint density at radius 3 is 2.43 bits per heavy atom. The molecule has 3 saturated heterocycles. The number of terminal acetylenes is 1. The van der Waals surface area contributed by atoms with Crippen molar-refractivity contribution in [1.82, 2.24) is 20.2 Å². The van der Waals surface area contributed by atoms with Crippen LogP contribution in [0.25, 0.3) is 32.8 Å². The second kappa shape index (κ2) is 11.1. The van der Waals surface area contributed by atoms with Gasteiger partial charge < -0.3 is 25.0 Å². The number of aromatic nitrogens is 2. The Morgan fingerprint density at radius 1 is 1.02 bits per heavy atom. The predicted octanol–water partition coefficient (Wildman–Crippen LogP) is 7.15. The summed E-state index contributed by atoms with van der Waals surface area (Å²) in [5.74, 6) is 0.175. The lowest BCUT2D eigenvalue weighted by Crippen LogP contribution is -2.51. The van der Waals surface area contributed by atoms with Gasteiger partial charge >= 0.3 is 6.01 Å². The lowest BCUT2D eigenvalue weighted by Gasteiger charge is -2.35. The average molecular weight is 688 g/mol. The van der Waals surface area contributed by atoms with E-state index in [2.05, 4.69) is 26.0 Å². The second-order valence-corrected chi connectivity index (χ2v) is 15.5. The molecule has 1 spiro atoms. The maximum Gasteiger partial charge on any atom is 0.319 e. The molecule has 1 aromatic heterocycles. The molecule has 2 aliphatic carbocycles. The lowest BCUT2D eigenvalue weighted by atomic mass is 9.92. The number of nitrogens with one attached hydrogen (secondary N) is 1. The number of nitrogens with zero attached hydrogens (tertiary/aromatic N) is 4. The highest BCUT2D eigenvalue weighted by Crippen LogP contribution is 2.66. The van der Waals surface area contributed by atoms with E-state index < -0.39 is 17.2 Å². The molecule has 11 heteroatoms. The number of fused-ring (bicyclic) bond motifs is 4. The van der Waals surface area contributed by atoms with Gasteiger partial charge in [0.05, 0.1) is 17.2 Å². The van der Waals surface area contributed by atoms with E-state index in [0.717, 1.165) is 45.3 Å². The van der Waals surface area contributed by atoms with Gasteiger partial charge in [-0.05, 0) is 86.8 Å². The Balaban J connectivity index is 1.07. The molecule has 9 rings (SSSR count). The van der Waals surface area contributed by atoms with Crippen molar-refractivity contribution in [2.45, 2.75) is 63.0 Å². The number of benzene rings is 3. The molecular formula is C38H37ClF3N5O2. The normalized spacial score (nSPS) is 24.8. The smallest absolute Gasteiger partial charge is 0.319 e. The summed E-state index contributed by atoms with van der Waals surface area (Å²) < 4.78 is 51.2. The van der Waals surface area contributed by atoms with Crippen molar-refractivity contribution >= 4 is 39.1 Å². The molecule has 7 nitrogen and oxygen atoms in total. The summed E-state index contributed by atoms with van der Waals surface area (Å²) in [6.07, 6.45) is 11.0. The molecule has 3 aromatic carbocycles. The van der Waals surface area contributed by atoms with Gasteiger partial charge in [0.25, 0.3) is 5.92 Å². The topological polar surface area (TPSA) is 73.8 Å². The van der Waals surface area contributed by atoms with Crippen LogP contribution >= 0.6 is 11.6 Å². The molecule has 4 aromatic rings. The Morgan fingerprint density at radius 2 is 1.76 bits per heavy atom. The number of piperazine rings is 1. The van der Waals surface area contributed by atoms with E-state index in [9.17, 15) is 13.9 Å². The van der Waals surface area contributed by atoms with E-state index in [1.807, 2.05) is 6.07 Å². The molecule has 5 fully saturated rings. The maximum atomic E-state index is 17.0. The van der Waals surface area contributed by atoms with Crippen LogP contribution in [0, 0.1) is 29.0 Å². The molecule has 2 N–H and O–H groups in total. The number of anilines is 1. The highest BCUT2D eigenvalue weighted by molar-refractivity contribution is 6.33. The number of hydrogen-bond donors (Lipinski definition) is 2. The van der Waals surface area contributed by atoms with E-state index in [0.29, 0.717) is 82.7 Å². The molecule has 2 bridgehead atoms. The van der Waals surface area contributed by atoms with Crippen LogP contribution in [0.5, 0.6) is 11.8 Å². The van der Waals surface area contributed by atoms with Gasteiger partial charge in [0.1, 0.15) is 17.1 Å². The molecule has 2 unspecified atom stereocenters. The van der Waals surface area contributed by atoms with Gasteiger partial charge in [-0.3, -0.25) is 0 Å². The SMILES string of the molecule is C#Cc1c(Cl)ccc2cc(O)cc(-c3ccc4c(N5CC6CCC(C5)N6)nc(OCC5(CN6CCC7(CC6)CC7(F)F)CC5)nc4c3F)c12. The molecule has 3 aliphatic heterocycles. The molecule has 0 radical (unpaired) electrons. The number of ether oxygens (including phenoxy) is 1. The minimum absolute atomic E-state index is 0.0249. The fourth-order valence-electron chi connectivity index (χ4n) is 8.67. The van der Waals surface area contributed by atoms with Gasteiger partial charge in [0.15, 0.2) is 5.82 Å². The summed E-state index contributed by atoms with van der Waals surface area (Å²) in [7, 11) is 0. The quantitative estimate of drug-likeness (QED) is 0.200. The zero-order valence-corrected chi connectivity index (χ0v) is 27.8. The van der Waals surface area contributed by atoms with Gasteiger partial charge in [-0.1, -0.05) is 29.7 Å². The number of phenols is 1. The van der Waals surface area contributed by atoms with Crippen molar-refractivity contribution in [3.05, 3.63) is 52.8 Å². The summed E-state index contributed by atoms with van der Waals surface area (Å²) in [6.45, 7) is 3.97. The van der Waals surface area contributed by atoms with Crippen molar-refractivity contribution in [2.75, 3.05) is 44.2 Å². The summed E-state index contributed by atoms with van der Waals surface area (Å²) in [6, 6.07) is 10.8. The number of hydrogen-bond acceptors (Lipinski definition) is 7. The largest absolute Gasteiger partial charge is 0.508 e. The van der Waals surface area contributed by atoms with Crippen LogP contribution in [0.3, 0.4) is 0 Å². The molecule has 254 valence electrons. The Bertz CT molecular complexity index is 2040. The van der Waals surface area contributed by atoms with Gasteiger partial charge in [-0.25, -0.2) is 13.2 Å². The molecule has 5 aliphatic rings. The standard InChI is InChI=1S/C38H37ClF3N5O2/c1-2-26-30(39)8-3-22-15-25(48)16-29(31(22)26)27-6-7-28-33(32(27)40)44-35(45-34(28)47-17-23-4-5-24(18-47)43-23)49-21-36(9-10-36)20-46-13-11-37(12-14-46)19-38(37,41)42/h1,3,6-8,15-16,23-24,43,48H,4-5,9-14,17-21H2. The van der Waals surface area contributed by atoms with E-state index in [4.69, 9.17) is 27.7 Å². The molecule has 2 atom stereocenters. The predicted molar refractivity (Wildman–Crippen MR) is 184 cm³/mol. The second-order valence-electron chi connectivity index (χ2n) is 15.1. The molecule has 0 amide bonds. The van der Waals surface area contributed by atoms with Crippen LogP contribution in [0.2, 0.25) is 5.02 Å². The van der Waals surface area contributed by atoms with Crippen LogP contribution in [0.15, 0.2) is 36.4 Å². The first-order chi connectivity index (χ1) is 23.6. The Hall–Kier alpha value is -3.78. The monoisotopic (exact) mass is 687 g/mol. The zero-order chi connectivity index (χ0) is 33.7. The van der Waals surface area contributed by atoms with E-state index in [-0.39, 0.29) is 34.7 Å². The van der Waals surface area contributed by atoms with Crippen LogP contribution in [-0.4, -0.2) is 77.3 Å². The van der Waals surface area contributed by atoms with Crippen molar-refractivity contribution in [2.24, 2.45) is 10.8 Å². The Kier molecular flexibility index (Phi) is 7.08. The van der Waals surface area contributed by atoms with Crippen molar-refractivity contribution in [3.63, 3.8) is 0 Å². The summed E-state index contributed by atoms with van der Waals surface area (Å²) in [4.78, 5) is 14.1. The van der Waals surface area contributed by atoms with Crippen molar-refractivity contribution in [1.29, 1.82) is 0 Å². The van der Waals surface area contributed by atoms with Gasteiger partial charge in [-0.15, -0.1) is 6.42 Å². The average Bonchev–Trinajstić information content (AvgIpc) is 3.93. The number of phenolic OH excluding ortho intramolecular Hbond substituents is 1. The van der Waals surface area contributed by atoms with Crippen LogP contribution < -0.4 is 15.0 Å². The third-order valence-electron chi connectivity index (χ3n) is 11.8. The summed E-state index contributed by atoms with van der Waals surface area (Å²) in [5, 5.41) is 16.4. The van der Waals surface area contributed by atoms with Gasteiger partial charge in [0, 0.05) is 65.3 Å². The van der Waals surface area contributed by atoms with E-state index in [1.165, 1.54) is 6.07 Å². The van der Waals surface area contributed by atoms with Crippen LogP contribution in [0.4, 0.5) is 19.0 Å². The minimum atomic E-state index is -2.51. The van der Waals surface area contributed by atoms with E-state index in [1.54, 1.807) is 24.3 Å². The number of rotatable bonds is 7. The highest BCUT2D eigenvalue weighted by Gasteiger charge is 2.70. The third-order valence-corrected chi connectivity index (χ3v) is 12.1. The number of aromatic hydroxyl groups is 1. The van der Waals surface area contributed by atoms with Crippen LogP contribution in [0.1, 0.15) is 50.5 Å². The zero-order valence-electron chi connectivity index (χ0n) is 27.0. The maximum absolute atomic E-state index is 17.0. The summed E-state index contributed by atoms with van der Waals surface area (Å²) >= 11 is 6.48. The first kappa shape index (κ1) is 31.2. The third kappa shape index (κ3) is 5.28.